The van der Waals surface area contributed by atoms with Gasteiger partial charge in [0, 0.05) is 51.0 Å². The molecule has 4 heteroatoms. The Morgan fingerprint density at radius 2 is 0.941 bits per heavy atom. The first kappa shape index (κ1) is 28.1. The number of para-hydroxylation sites is 2. The van der Waals surface area contributed by atoms with E-state index in [1.54, 1.807) is 0 Å². The van der Waals surface area contributed by atoms with Crippen molar-refractivity contribution < 1.29 is 0 Å². The third-order valence-electron chi connectivity index (χ3n) is 10.6. The summed E-state index contributed by atoms with van der Waals surface area (Å²) < 4.78 is 4.65. The van der Waals surface area contributed by atoms with Gasteiger partial charge in [-0.05, 0) is 64.2 Å². The van der Waals surface area contributed by atoms with Crippen molar-refractivity contribution in [1.29, 1.82) is 0 Å². The van der Waals surface area contributed by atoms with E-state index in [4.69, 9.17) is 9.97 Å². The molecule has 3 heterocycles. The Morgan fingerprint density at radius 3 is 1.63 bits per heavy atom. The highest BCUT2D eigenvalue weighted by Crippen LogP contribution is 2.43. The largest absolute Gasteiger partial charge is 0.309 e. The van der Waals surface area contributed by atoms with Crippen molar-refractivity contribution in [2.24, 2.45) is 0 Å². The van der Waals surface area contributed by atoms with Crippen molar-refractivity contribution in [3.8, 4) is 45.1 Å². The van der Waals surface area contributed by atoms with Gasteiger partial charge in [0.15, 0.2) is 0 Å². The molecule has 4 nitrogen and oxygen atoms in total. The lowest BCUT2D eigenvalue weighted by Gasteiger charge is -2.10. The van der Waals surface area contributed by atoms with Gasteiger partial charge < -0.3 is 4.57 Å². The molecular formula is C47H30N4. The number of hydrogen-bond acceptors (Lipinski definition) is 2. The average molecular weight is 651 g/mol. The first-order valence-corrected chi connectivity index (χ1v) is 17.5. The van der Waals surface area contributed by atoms with Crippen molar-refractivity contribution in [3.05, 3.63) is 181 Å². The van der Waals surface area contributed by atoms with E-state index in [2.05, 4.69) is 173 Å². The topological polar surface area (TPSA) is 35.6 Å². The van der Waals surface area contributed by atoms with Gasteiger partial charge in [-0.25, -0.2) is 9.97 Å². The molecule has 238 valence electrons. The first-order chi connectivity index (χ1) is 25.3. The Hall–Kier alpha value is -6.78. The molecule has 0 saturated carbocycles. The van der Waals surface area contributed by atoms with Gasteiger partial charge in [0.2, 0.25) is 5.95 Å². The third-order valence-corrected chi connectivity index (χ3v) is 10.6. The highest BCUT2D eigenvalue weighted by Gasteiger charge is 2.24. The Labute approximate surface area is 294 Å². The predicted molar refractivity (Wildman–Crippen MR) is 210 cm³/mol. The lowest BCUT2D eigenvalue weighted by molar-refractivity contribution is 0.980. The normalized spacial score (nSPS) is 12.2. The Kier molecular flexibility index (Phi) is 5.98. The second kappa shape index (κ2) is 10.9. The minimum absolute atomic E-state index is 0.701. The minimum Gasteiger partial charge on any atom is -0.309 e. The van der Waals surface area contributed by atoms with Crippen LogP contribution in [0.25, 0.3) is 88.8 Å². The summed E-state index contributed by atoms with van der Waals surface area (Å²) in [5, 5.41) is 4.88. The van der Waals surface area contributed by atoms with Crippen LogP contribution in [0.2, 0.25) is 0 Å². The smallest absolute Gasteiger partial charge is 0.235 e. The van der Waals surface area contributed by atoms with Crippen LogP contribution in [0.1, 0.15) is 11.1 Å². The van der Waals surface area contributed by atoms with Crippen LogP contribution < -0.4 is 0 Å². The molecule has 0 radical (unpaired) electrons. The van der Waals surface area contributed by atoms with Crippen LogP contribution in [0.5, 0.6) is 0 Å². The van der Waals surface area contributed by atoms with Crippen molar-refractivity contribution in [2.45, 2.75) is 6.42 Å². The van der Waals surface area contributed by atoms with Gasteiger partial charge in [-0.3, -0.25) is 4.57 Å². The molecule has 0 fully saturated rings. The molecule has 0 atom stereocenters. The third kappa shape index (κ3) is 4.20. The first-order valence-electron chi connectivity index (χ1n) is 17.5. The van der Waals surface area contributed by atoms with Gasteiger partial charge >= 0.3 is 0 Å². The summed E-state index contributed by atoms with van der Waals surface area (Å²) in [4.78, 5) is 10.2. The van der Waals surface area contributed by atoms with E-state index in [0.29, 0.717) is 5.95 Å². The maximum Gasteiger partial charge on any atom is 0.235 e. The zero-order chi connectivity index (χ0) is 33.5. The van der Waals surface area contributed by atoms with E-state index in [0.717, 1.165) is 28.8 Å². The van der Waals surface area contributed by atoms with E-state index in [9.17, 15) is 0 Å². The fourth-order valence-electron chi connectivity index (χ4n) is 8.28. The molecule has 7 aromatic carbocycles. The van der Waals surface area contributed by atoms with Crippen LogP contribution >= 0.6 is 0 Å². The Bertz CT molecular complexity index is 2970. The standard InChI is InChI=1S/C47H30N4/c1-2-10-30(11-3-1)31-18-20-32(21-19-31)33-22-24-36(25-23-33)50-40-16-8-6-14-38(40)44-42(50)26-27-43-45(44)39-15-7-9-17-41(39)51(43)47-48-29-35-28-34-12-4-5-13-37(34)46(35)49-47/h1-27,29H,28H2. The summed E-state index contributed by atoms with van der Waals surface area (Å²) in [7, 11) is 0. The average Bonchev–Trinajstić information content (AvgIpc) is 3.86. The van der Waals surface area contributed by atoms with Crippen molar-refractivity contribution in [1.82, 2.24) is 19.1 Å². The van der Waals surface area contributed by atoms with Crippen LogP contribution in [0.3, 0.4) is 0 Å². The lowest BCUT2D eigenvalue weighted by Crippen LogP contribution is -2.02. The molecule has 51 heavy (non-hydrogen) atoms. The van der Waals surface area contributed by atoms with Crippen LogP contribution in [-0.2, 0) is 6.42 Å². The van der Waals surface area contributed by atoms with E-state index in [1.165, 1.54) is 71.5 Å². The summed E-state index contributed by atoms with van der Waals surface area (Å²) in [6.45, 7) is 0. The van der Waals surface area contributed by atoms with Crippen LogP contribution in [0.4, 0.5) is 0 Å². The molecule has 1 aliphatic rings. The molecule has 0 N–H and O–H groups in total. The van der Waals surface area contributed by atoms with Crippen molar-refractivity contribution in [3.63, 3.8) is 0 Å². The van der Waals surface area contributed by atoms with E-state index in [-0.39, 0.29) is 0 Å². The van der Waals surface area contributed by atoms with E-state index < -0.39 is 0 Å². The summed E-state index contributed by atoms with van der Waals surface area (Å²) in [6.07, 6.45) is 2.89. The highest BCUT2D eigenvalue weighted by molar-refractivity contribution is 6.28. The molecule has 3 aromatic heterocycles. The molecule has 0 spiro atoms. The van der Waals surface area contributed by atoms with Gasteiger partial charge in [0.1, 0.15) is 0 Å². The summed E-state index contributed by atoms with van der Waals surface area (Å²) in [5.41, 5.74) is 15.3. The second-order valence-electron chi connectivity index (χ2n) is 13.4. The van der Waals surface area contributed by atoms with Crippen molar-refractivity contribution >= 4 is 43.6 Å². The lowest BCUT2D eigenvalue weighted by atomic mass is 10.0. The highest BCUT2D eigenvalue weighted by atomic mass is 15.2. The quantitative estimate of drug-likeness (QED) is 0.190. The fraction of sp³-hybridized carbons (Fsp3) is 0.0213. The van der Waals surface area contributed by atoms with Crippen LogP contribution in [-0.4, -0.2) is 19.1 Å². The number of nitrogens with zero attached hydrogens (tertiary/aromatic N) is 4. The molecule has 1 aliphatic carbocycles. The molecule has 0 bridgehead atoms. The van der Waals surface area contributed by atoms with Gasteiger partial charge in [-0.1, -0.05) is 127 Å². The SMILES string of the molecule is c1ccc(-c2ccc(-c3ccc(-n4c5ccccc5c5c6c7ccccc7n(-c7ncc8c(n7)-c7ccccc7C8)c6ccc54)cc3)cc2)cc1. The van der Waals surface area contributed by atoms with E-state index in [1.807, 2.05) is 6.20 Å². The van der Waals surface area contributed by atoms with Crippen LogP contribution in [0, 0.1) is 0 Å². The maximum atomic E-state index is 5.23. The molecule has 0 amide bonds. The molecule has 0 aliphatic heterocycles. The molecule has 10 aromatic rings. The summed E-state index contributed by atoms with van der Waals surface area (Å²) >= 11 is 0. The van der Waals surface area contributed by atoms with Crippen molar-refractivity contribution in [2.75, 3.05) is 0 Å². The molecule has 0 saturated heterocycles. The monoisotopic (exact) mass is 650 g/mol. The Balaban J connectivity index is 1.08. The predicted octanol–water partition coefficient (Wildman–Crippen LogP) is 11.6. The number of benzene rings is 7. The summed E-state index contributed by atoms with van der Waals surface area (Å²) in [5.74, 6) is 0.701. The zero-order valence-corrected chi connectivity index (χ0v) is 27.7. The van der Waals surface area contributed by atoms with Gasteiger partial charge in [0.25, 0.3) is 0 Å². The molecular weight excluding hydrogens is 621 g/mol. The second-order valence-corrected chi connectivity index (χ2v) is 13.4. The van der Waals surface area contributed by atoms with Gasteiger partial charge in [-0.15, -0.1) is 0 Å². The summed E-state index contributed by atoms with van der Waals surface area (Å²) in [6, 6.07) is 58.9. The number of rotatable bonds is 4. The van der Waals surface area contributed by atoms with Gasteiger partial charge in [-0.2, -0.15) is 0 Å². The zero-order valence-electron chi connectivity index (χ0n) is 27.7. The van der Waals surface area contributed by atoms with Gasteiger partial charge in [0.05, 0.1) is 27.8 Å². The number of hydrogen-bond donors (Lipinski definition) is 0. The van der Waals surface area contributed by atoms with E-state index >= 15 is 0 Å². The molecule has 11 rings (SSSR count). The molecule has 0 unspecified atom stereocenters. The number of fused-ring (bicyclic) bond motifs is 10. The maximum absolute atomic E-state index is 5.23. The van der Waals surface area contributed by atoms with Crippen LogP contribution in [0.15, 0.2) is 170 Å². The fourth-order valence-corrected chi connectivity index (χ4v) is 8.28. The minimum atomic E-state index is 0.701. The Morgan fingerprint density at radius 1 is 0.412 bits per heavy atom. The number of aromatic nitrogens is 4.